The molecule has 0 spiro atoms. The van der Waals surface area contributed by atoms with Gasteiger partial charge in [-0.1, -0.05) is 20.8 Å². The van der Waals surface area contributed by atoms with E-state index in [1.807, 2.05) is 20.8 Å². The van der Waals surface area contributed by atoms with Gasteiger partial charge in [0.05, 0.1) is 6.54 Å². The maximum absolute atomic E-state index is 11.7. The molecule has 19 heavy (non-hydrogen) atoms. The fraction of sp³-hybridized carbons (Fsp3) is 0.846. The number of halogens is 1. The van der Waals surface area contributed by atoms with Crippen molar-refractivity contribution in [3.05, 3.63) is 0 Å². The van der Waals surface area contributed by atoms with Crippen molar-refractivity contribution in [1.29, 1.82) is 0 Å². The summed E-state index contributed by atoms with van der Waals surface area (Å²) in [7, 11) is 0. The molecular formula is C13H26ClN3O2. The van der Waals surface area contributed by atoms with E-state index in [0.717, 1.165) is 19.4 Å². The minimum atomic E-state index is -0.458. The Morgan fingerprint density at radius 1 is 1.32 bits per heavy atom. The largest absolute Gasteiger partial charge is 0.350 e. The van der Waals surface area contributed by atoms with Crippen LogP contribution in [-0.4, -0.2) is 37.0 Å². The molecule has 2 amide bonds. The molecule has 0 bridgehead atoms. The summed E-state index contributed by atoms with van der Waals surface area (Å²) in [5, 5.41) is 8.94. The second-order valence-electron chi connectivity index (χ2n) is 5.99. The number of rotatable bonds is 3. The lowest BCUT2D eigenvalue weighted by Crippen LogP contribution is -2.54. The van der Waals surface area contributed by atoms with Crippen LogP contribution < -0.4 is 16.0 Å². The van der Waals surface area contributed by atoms with Crippen LogP contribution in [-0.2, 0) is 9.59 Å². The van der Waals surface area contributed by atoms with Crippen molar-refractivity contribution < 1.29 is 9.59 Å². The molecule has 1 aliphatic heterocycles. The first kappa shape index (κ1) is 18.2. The minimum absolute atomic E-state index is 0. The van der Waals surface area contributed by atoms with Crippen LogP contribution in [0.3, 0.4) is 0 Å². The average Bonchev–Trinajstić information content (AvgIpc) is 2.27. The van der Waals surface area contributed by atoms with Crippen LogP contribution in [0.2, 0.25) is 0 Å². The van der Waals surface area contributed by atoms with Crippen molar-refractivity contribution in [3.63, 3.8) is 0 Å². The number of amides is 2. The molecule has 2 atom stereocenters. The van der Waals surface area contributed by atoms with Crippen molar-refractivity contribution >= 4 is 24.2 Å². The van der Waals surface area contributed by atoms with Gasteiger partial charge in [-0.3, -0.25) is 9.59 Å². The molecule has 0 radical (unpaired) electrons. The van der Waals surface area contributed by atoms with Crippen molar-refractivity contribution in [2.24, 2.45) is 5.41 Å². The molecule has 0 aromatic rings. The first-order valence-electron chi connectivity index (χ1n) is 6.62. The predicted octanol–water partition coefficient (Wildman–Crippen LogP) is 0.827. The van der Waals surface area contributed by atoms with Crippen LogP contribution in [0, 0.1) is 5.41 Å². The molecule has 1 rings (SSSR count). The van der Waals surface area contributed by atoms with Gasteiger partial charge in [0.2, 0.25) is 11.8 Å². The molecule has 1 aliphatic rings. The molecule has 112 valence electrons. The monoisotopic (exact) mass is 291 g/mol. The standard InChI is InChI=1S/C13H25N3O2.ClH/c1-9-10(6-5-7-14-9)16-11(17)8-15-12(18)13(2,3)4;/h9-10,14H,5-8H2,1-4H3,(H,15,18)(H,16,17);1H. The minimum Gasteiger partial charge on any atom is -0.350 e. The summed E-state index contributed by atoms with van der Waals surface area (Å²) in [6, 6.07) is 0.457. The molecule has 5 nitrogen and oxygen atoms in total. The maximum atomic E-state index is 11.7. The smallest absolute Gasteiger partial charge is 0.239 e. The summed E-state index contributed by atoms with van der Waals surface area (Å²) in [4.78, 5) is 23.4. The topological polar surface area (TPSA) is 70.2 Å². The Morgan fingerprint density at radius 3 is 2.47 bits per heavy atom. The fourth-order valence-corrected chi connectivity index (χ4v) is 1.92. The van der Waals surface area contributed by atoms with Gasteiger partial charge in [0, 0.05) is 17.5 Å². The van der Waals surface area contributed by atoms with E-state index < -0.39 is 5.41 Å². The predicted molar refractivity (Wildman–Crippen MR) is 78.3 cm³/mol. The lowest BCUT2D eigenvalue weighted by Gasteiger charge is -2.30. The molecular weight excluding hydrogens is 266 g/mol. The second-order valence-corrected chi connectivity index (χ2v) is 5.99. The van der Waals surface area contributed by atoms with Crippen molar-refractivity contribution in [3.8, 4) is 0 Å². The third-order valence-corrected chi connectivity index (χ3v) is 3.20. The van der Waals surface area contributed by atoms with E-state index in [1.165, 1.54) is 0 Å². The Labute approximate surface area is 121 Å². The molecule has 2 unspecified atom stereocenters. The van der Waals surface area contributed by atoms with Gasteiger partial charge in [-0.25, -0.2) is 0 Å². The third-order valence-electron chi connectivity index (χ3n) is 3.20. The van der Waals surface area contributed by atoms with E-state index in [0.29, 0.717) is 6.04 Å². The van der Waals surface area contributed by atoms with E-state index in [2.05, 4.69) is 22.9 Å². The van der Waals surface area contributed by atoms with Gasteiger partial charge < -0.3 is 16.0 Å². The zero-order valence-electron chi connectivity index (χ0n) is 12.2. The van der Waals surface area contributed by atoms with Gasteiger partial charge in [0.15, 0.2) is 0 Å². The molecule has 0 aromatic heterocycles. The van der Waals surface area contributed by atoms with Crippen LogP contribution >= 0.6 is 12.4 Å². The summed E-state index contributed by atoms with van der Waals surface area (Å²) in [6.07, 6.45) is 2.07. The lowest BCUT2D eigenvalue weighted by molar-refractivity contribution is -0.131. The zero-order chi connectivity index (χ0) is 13.8. The van der Waals surface area contributed by atoms with E-state index in [-0.39, 0.29) is 36.8 Å². The summed E-state index contributed by atoms with van der Waals surface area (Å²) in [5.41, 5.74) is -0.458. The van der Waals surface area contributed by atoms with Crippen LogP contribution in [0.25, 0.3) is 0 Å². The summed E-state index contributed by atoms with van der Waals surface area (Å²) in [5.74, 6) is -0.222. The summed E-state index contributed by atoms with van der Waals surface area (Å²) >= 11 is 0. The number of nitrogens with one attached hydrogen (secondary N) is 3. The summed E-state index contributed by atoms with van der Waals surface area (Å²) < 4.78 is 0. The molecule has 0 aliphatic carbocycles. The van der Waals surface area contributed by atoms with E-state index in [4.69, 9.17) is 0 Å². The van der Waals surface area contributed by atoms with Crippen molar-refractivity contribution in [2.75, 3.05) is 13.1 Å². The Balaban J connectivity index is 0.00000324. The average molecular weight is 292 g/mol. The van der Waals surface area contributed by atoms with Crippen molar-refractivity contribution in [2.45, 2.75) is 52.6 Å². The number of carbonyl (C=O) groups excluding carboxylic acids is 2. The van der Waals surface area contributed by atoms with Gasteiger partial charge in [0.1, 0.15) is 0 Å². The van der Waals surface area contributed by atoms with Gasteiger partial charge in [-0.15, -0.1) is 12.4 Å². The van der Waals surface area contributed by atoms with Gasteiger partial charge in [-0.2, -0.15) is 0 Å². The highest BCUT2D eigenvalue weighted by atomic mass is 35.5. The summed E-state index contributed by atoms with van der Waals surface area (Å²) in [6.45, 7) is 8.61. The quantitative estimate of drug-likeness (QED) is 0.721. The Morgan fingerprint density at radius 2 is 1.95 bits per heavy atom. The van der Waals surface area contributed by atoms with E-state index in [1.54, 1.807) is 0 Å². The molecule has 3 N–H and O–H groups in total. The molecule has 0 aromatic carbocycles. The highest BCUT2D eigenvalue weighted by Crippen LogP contribution is 2.12. The Bertz CT molecular complexity index is 316. The number of piperidine rings is 1. The van der Waals surface area contributed by atoms with E-state index in [9.17, 15) is 9.59 Å². The molecule has 1 heterocycles. The number of hydrogen-bond acceptors (Lipinski definition) is 3. The van der Waals surface area contributed by atoms with Crippen LogP contribution in [0.5, 0.6) is 0 Å². The first-order valence-corrected chi connectivity index (χ1v) is 6.62. The SMILES string of the molecule is CC1NCCCC1NC(=O)CNC(=O)C(C)(C)C.Cl. The molecule has 1 fully saturated rings. The van der Waals surface area contributed by atoms with Gasteiger partial charge in [-0.05, 0) is 26.3 Å². The second kappa shape index (κ2) is 7.70. The normalized spacial score (nSPS) is 23.2. The number of carbonyl (C=O) groups is 2. The highest BCUT2D eigenvalue weighted by Gasteiger charge is 2.24. The number of hydrogen-bond donors (Lipinski definition) is 3. The van der Waals surface area contributed by atoms with Gasteiger partial charge in [0.25, 0.3) is 0 Å². The Kier molecular flexibility index (Phi) is 7.37. The third kappa shape index (κ3) is 6.25. The van der Waals surface area contributed by atoms with Crippen LogP contribution in [0.1, 0.15) is 40.5 Å². The highest BCUT2D eigenvalue weighted by molar-refractivity contribution is 5.87. The fourth-order valence-electron chi connectivity index (χ4n) is 1.92. The zero-order valence-corrected chi connectivity index (χ0v) is 13.0. The van der Waals surface area contributed by atoms with Crippen LogP contribution in [0.15, 0.2) is 0 Å². The maximum Gasteiger partial charge on any atom is 0.239 e. The van der Waals surface area contributed by atoms with E-state index >= 15 is 0 Å². The van der Waals surface area contributed by atoms with Crippen molar-refractivity contribution in [1.82, 2.24) is 16.0 Å². The molecule has 0 saturated carbocycles. The van der Waals surface area contributed by atoms with Gasteiger partial charge >= 0.3 is 0 Å². The molecule has 6 heteroatoms. The molecule has 1 saturated heterocycles. The Hall–Kier alpha value is -0.810. The lowest BCUT2D eigenvalue weighted by atomic mass is 9.96. The van der Waals surface area contributed by atoms with Crippen LogP contribution in [0.4, 0.5) is 0 Å². The first-order chi connectivity index (χ1) is 8.30.